The standard InChI is InChI=1S/C48H87NO8/c1-6-8-10-12-14-16-18-20-21-22-23-24-25-27-29-31-33-35-37-39-46(51)57-44(43-56-48(47(52)53)54-41-40-49(3,4)5)42-55-45(50)38-36-34-32-30-28-26-19-17-15-13-11-9-7-2/h14,16,20-21,23-24,44,48H,6-13,15,17-19,22,25-43H2,1-5H3/p+1/b16-14-,21-20-,24-23-. The lowest BCUT2D eigenvalue weighted by atomic mass is 10.0. The summed E-state index contributed by atoms with van der Waals surface area (Å²) in [5.74, 6) is -2.02. The molecule has 0 heterocycles. The third-order valence-corrected chi connectivity index (χ3v) is 9.90. The number of hydrogen-bond acceptors (Lipinski definition) is 7. The predicted octanol–water partition coefficient (Wildman–Crippen LogP) is 12.2. The number of nitrogens with zero attached hydrogens (tertiary/aromatic N) is 1. The van der Waals surface area contributed by atoms with E-state index in [-0.39, 0.29) is 32.2 Å². The van der Waals surface area contributed by atoms with Crippen LogP contribution in [0, 0.1) is 0 Å². The number of aliphatic carboxylic acids is 1. The lowest BCUT2D eigenvalue weighted by Crippen LogP contribution is -2.40. The number of carboxylic acids is 1. The SMILES string of the molecule is CCCCC/C=C\C/C=C\C/C=C\CCCCCCCCC(=O)OC(COC(=O)CCCCCCCCCCCCCCC)COC(OCC[N+](C)(C)C)C(=O)O. The Labute approximate surface area is 350 Å². The second-order valence-corrected chi connectivity index (χ2v) is 16.7. The van der Waals surface area contributed by atoms with Gasteiger partial charge in [-0.05, 0) is 51.4 Å². The summed E-state index contributed by atoms with van der Waals surface area (Å²) in [5, 5.41) is 9.63. The number of rotatable bonds is 42. The molecule has 0 saturated heterocycles. The minimum atomic E-state index is -1.51. The van der Waals surface area contributed by atoms with E-state index in [9.17, 15) is 19.5 Å². The molecule has 0 aliphatic rings. The van der Waals surface area contributed by atoms with Gasteiger partial charge >= 0.3 is 17.9 Å². The van der Waals surface area contributed by atoms with Crippen molar-refractivity contribution in [2.75, 3.05) is 47.5 Å². The van der Waals surface area contributed by atoms with Crippen molar-refractivity contribution < 1.29 is 42.9 Å². The van der Waals surface area contributed by atoms with Crippen molar-refractivity contribution in [3.05, 3.63) is 36.5 Å². The highest BCUT2D eigenvalue weighted by atomic mass is 16.7. The number of unbranched alkanes of at least 4 members (excludes halogenated alkanes) is 21. The summed E-state index contributed by atoms with van der Waals surface area (Å²) in [6, 6.07) is 0. The van der Waals surface area contributed by atoms with E-state index in [1.54, 1.807) is 0 Å². The van der Waals surface area contributed by atoms with Crippen LogP contribution in [-0.2, 0) is 33.3 Å². The van der Waals surface area contributed by atoms with E-state index in [4.69, 9.17) is 18.9 Å². The third-order valence-electron chi connectivity index (χ3n) is 9.90. The molecule has 0 aromatic carbocycles. The summed E-state index contributed by atoms with van der Waals surface area (Å²) in [6.45, 7) is 4.83. The summed E-state index contributed by atoms with van der Waals surface area (Å²) in [4.78, 5) is 37.1. The number of quaternary nitrogens is 1. The van der Waals surface area contributed by atoms with Crippen LogP contribution in [0.5, 0.6) is 0 Å². The molecule has 0 aromatic rings. The van der Waals surface area contributed by atoms with Crippen molar-refractivity contribution in [1.82, 2.24) is 0 Å². The van der Waals surface area contributed by atoms with Gasteiger partial charge in [0.1, 0.15) is 13.2 Å². The van der Waals surface area contributed by atoms with Crippen LogP contribution in [0.4, 0.5) is 0 Å². The number of carbonyl (C=O) groups is 3. The van der Waals surface area contributed by atoms with Crippen molar-refractivity contribution >= 4 is 17.9 Å². The van der Waals surface area contributed by atoms with Crippen molar-refractivity contribution in [1.29, 1.82) is 0 Å². The third kappa shape index (κ3) is 41.5. The molecule has 57 heavy (non-hydrogen) atoms. The molecule has 0 bridgehead atoms. The molecule has 0 aliphatic carbocycles. The molecule has 0 rings (SSSR count). The summed E-state index contributed by atoms with van der Waals surface area (Å²) in [6.07, 6.45) is 41.9. The van der Waals surface area contributed by atoms with Crippen LogP contribution in [0.2, 0.25) is 0 Å². The molecule has 0 spiro atoms. The Morgan fingerprint density at radius 3 is 1.44 bits per heavy atom. The van der Waals surface area contributed by atoms with Gasteiger partial charge in [0.2, 0.25) is 0 Å². The number of likely N-dealkylation sites (N-methyl/N-ethyl adjacent to an activating group) is 1. The van der Waals surface area contributed by atoms with E-state index < -0.39 is 24.3 Å². The highest BCUT2D eigenvalue weighted by Crippen LogP contribution is 2.14. The van der Waals surface area contributed by atoms with E-state index in [0.29, 0.717) is 23.9 Å². The van der Waals surface area contributed by atoms with Crippen molar-refractivity contribution in [3.8, 4) is 0 Å². The van der Waals surface area contributed by atoms with Gasteiger partial charge in [0, 0.05) is 12.8 Å². The van der Waals surface area contributed by atoms with Gasteiger partial charge in [0.15, 0.2) is 6.10 Å². The Morgan fingerprint density at radius 1 is 0.526 bits per heavy atom. The van der Waals surface area contributed by atoms with Gasteiger partial charge in [0.25, 0.3) is 6.29 Å². The highest BCUT2D eigenvalue weighted by Gasteiger charge is 2.25. The number of allylic oxidation sites excluding steroid dienone is 6. The molecule has 1 N–H and O–H groups in total. The minimum Gasteiger partial charge on any atom is -0.477 e. The van der Waals surface area contributed by atoms with Crippen LogP contribution in [-0.4, -0.2) is 87.4 Å². The van der Waals surface area contributed by atoms with Crippen LogP contribution in [0.1, 0.15) is 194 Å². The number of carbonyl (C=O) groups excluding carboxylic acids is 2. The summed E-state index contributed by atoms with van der Waals surface area (Å²) < 4.78 is 22.7. The van der Waals surface area contributed by atoms with E-state index in [1.165, 1.54) is 103 Å². The van der Waals surface area contributed by atoms with Crippen LogP contribution >= 0.6 is 0 Å². The van der Waals surface area contributed by atoms with E-state index in [0.717, 1.165) is 57.8 Å². The molecule has 0 aliphatic heterocycles. The first-order chi connectivity index (χ1) is 27.6. The average Bonchev–Trinajstić information content (AvgIpc) is 3.17. The van der Waals surface area contributed by atoms with Gasteiger partial charge in [-0.25, -0.2) is 4.79 Å². The first kappa shape index (κ1) is 54.5. The fourth-order valence-corrected chi connectivity index (χ4v) is 6.25. The Kier molecular flexibility index (Phi) is 38.5. The van der Waals surface area contributed by atoms with E-state index in [2.05, 4.69) is 50.3 Å². The first-order valence-corrected chi connectivity index (χ1v) is 23.2. The lowest BCUT2D eigenvalue weighted by molar-refractivity contribution is -0.870. The zero-order chi connectivity index (χ0) is 42.1. The average molecular weight is 807 g/mol. The molecule has 2 unspecified atom stereocenters. The van der Waals surface area contributed by atoms with Crippen LogP contribution in [0.15, 0.2) is 36.5 Å². The van der Waals surface area contributed by atoms with Crippen LogP contribution < -0.4 is 0 Å². The molecule has 9 heteroatoms. The molecule has 9 nitrogen and oxygen atoms in total. The Morgan fingerprint density at radius 2 is 0.947 bits per heavy atom. The number of hydrogen-bond donors (Lipinski definition) is 1. The van der Waals surface area contributed by atoms with Crippen molar-refractivity contribution in [3.63, 3.8) is 0 Å². The maximum Gasteiger partial charge on any atom is 0.361 e. The van der Waals surface area contributed by atoms with Crippen LogP contribution in [0.3, 0.4) is 0 Å². The fourth-order valence-electron chi connectivity index (χ4n) is 6.25. The van der Waals surface area contributed by atoms with Crippen molar-refractivity contribution in [2.45, 2.75) is 206 Å². The second-order valence-electron chi connectivity index (χ2n) is 16.7. The molecular weight excluding hydrogens is 719 g/mol. The van der Waals surface area contributed by atoms with Gasteiger partial charge in [-0.15, -0.1) is 0 Å². The number of carboxylic acid groups (broad SMARTS) is 1. The topological polar surface area (TPSA) is 108 Å². The normalized spacial score (nSPS) is 13.2. The molecule has 332 valence electrons. The van der Waals surface area contributed by atoms with E-state index in [1.807, 2.05) is 21.1 Å². The molecule has 0 saturated carbocycles. The zero-order valence-electron chi connectivity index (χ0n) is 37.5. The monoisotopic (exact) mass is 807 g/mol. The minimum absolute atomic E-state index is 0.185. The molecule has 0 amide bonds. The fraction of sp³-hybridized carbons (Fsp3) is 0.812. The van der Waals surface area contributed by atoms with Gasteiger partial charge < -0.3 is 28.5 Å². The largest absolute Gasteiger partial charge is 0.477 e. The molecule has 0 aromatic heterocycles. The predicted molar refractivity (Wildman–Crippen MR) is 235 cm³/mol. The summed E-state index contributed by atoms with van der Waals surface area (Å²) in [7, 11) is 5.95. The number of ether oxygens (including phenoxy) is 4. The quantitative estimate of drug-likeness (QED) is 0.0214. The second kappa shape index (κ2) is 40.3. The Balaban J connectivity index is 4.43. The van der Waals surface area contributed by atoms with Gasteiger partial charge in [0.05, 0.1) is 34.4 Å². The first-order valence-electron chi connectivity index (χ1n) is 23.2. The van der Waals surface area contributed by atoms with Gasteiger partial charge in [-0.3, -0.25) is 9.59 Å². The maximum atomic E-state index is 12.8. The summed E-state index contributed by atoms with van der Waals surface area (Å²) >= 11 is 0. The van der Waals surface area contributed by atoms with Gasteiger partial charge in [-0.1, -0.05) is 166 Å². The Hall–Kier alpha value is -2.49. The maximum absolute atomic E-state index is 12.8. The highest BCUT2D eigenvalue weighted by molar-refractivity contribution is 5.71. The van der Waals surface area contributed by atoms with Gasteiger partial charge in [-0.2, -0.15) is 0 Å². The van der Waals surface area contributed by atoms with E-state index >= 15 is 0 Å². The molecule has 0 radical (unpaired) electrons. The molecular formula is C48H88NO8+. The zero-order valence-corrected chi connectivity index (χ0v) is 37.5. The summed E-state index contributed by atoms with van der Waals surface area (Å²) in [5.41, 5.74) is 0. The van der Waals surface area contributed by atoms with Crippen molar-refractivity contribution in [2.24, 2.45) is 0 Å². The lowest BCUT2D eigenvalue weighted by Gasteiger charge is -2.25. The number of esters is 2. The molecule has 0 fully saturated rings. The van der Waals surface area contributed by atoms with Crippen LogP contribution in [0.25, 0.3) is 0 Å². The molecule has 2 atom stereocenters. The Bertz CT molecular complexity index is 1030. The smallest absolute Gasteiger partial charge is 0.361 e.